The standard InChI is InChI=1S/C16H19IN2/c1-12-11-19-7-6-16(12)15(10-18)8-13-4-2-3-5-14(13)9-17/h2-7,11,15H,8-10,18H2,1H3. The van der Waals surface area contributed by atoms with Gasteiger partial charge in [-0.05, 0) is 48.2 Å². The normalized spacial score (nSPS) is 12.4. The number of pyridine rings is 1. The van der Waals surface area contributed by atoms with Crippen molar-refractivity contribution in [3.63, 3.8) is 0 Å². The Morgan fingerprint density at radius 1 is 1.21 bits per heavy atom. The molecule has 2 aromatic rings. The molecule has 0 amide bonds. The zero-order valence-corrected chi connectivity index (χ0v) is 13.3. The van der Waals surface area contributed by atoms with E-state index in [0.717, 1.165) is 10.8 Å². The summed E-state index contributed by atoms with van der Waals surface area (Å²) in [7, 11) is 0. The first-order valence-corrected chi connectivity index (χ1v) is 8.02. The van der Waals surface area contributed by atoms with Gasteiger partial charge in [-0.3, -0.25) is 4.98 Å². The fourth-order valence-corrected chi connectivity index (χ4v) is 3.16. The zero-order chi connectivity index (χ0) is 13.7. The summed E-state index contributed by atoms with van der Waals surface area (Å²) in [6, 6.07) is 10.7. The van der Waals surface area contributed by atoms with Gasteiger partial charge in [0, 0.05) is 22.7 Å². The molecule has 2 nitrogen and oxygen atoms in total. The van der Waals surface area contributed by atoms with E-state index < -0.39 is 0 Å². The van der Waals surface area contributed by atoms with Crippen LogP contribution in [0, 0.1) is 6.92 Å². The third-order valence-electron chi connectivity index (χ3n) is 3.52. The predicted molar refractivity (Wildman–Crippen MR) is 88.6 cm³/mol. The lowest BCUT2D eigenvalue weighted by Crippen LogP contribution is -2.16. The highest BCUT2D eigenvalue weighted by Gasteiger charge is 2.14. The van der Waals surface area contributed by atoms with Crippen molar-refractivity contribution in [2.75, 3.05) is 6.54 Å². The Hall–Kier alpha value is -0.940. The van der Waals surface area contributed by atoms with Crippen LogP contribution in [0.1, 0.15) is 28.2 Å². The van der Waals surface area contributed by atoms with Crippen molar-refractivity contribution in [1.29, 1.82) is 0 Å². The zero-order valence-electron chi connectivity index (χ0n) is 11.1. The molecular formula is C16H19IN2. The average Bonchev–Trinajstić information content (AvgIpc) is 2.46. The molecule has 1 atom stereocenters. The van der Waals surface area contributed by atoms with E-state index in [9.17, 15) is 0 Å². The van der Waals surface area contributed by atoms with Gasteiger partial charge in [-0.15, -0.1) is 0 Å². The largest absolute Gasteiger partial charge is 0.330 e. The van der Waals surface area contributed by atoms with Crippen LogP contribution in [0.3, 0.4) is 0 Å². The summed E-state index contributed by atoms with van der Waals surface area (Å²) in [6.45, 7) is 2.77. The van der Waals surface area contributed by atoms with Crippen molar-refractivity contribution in [2.45, 2.75) is 23.7 Å². The van der Waals surface area contributed by atoms with Crippen LogP contribution in [-0.4, -0.2) is 11.5 Å². The summed E-state index contributed by atoms with van der Waals surface area (Å²) in [4.78, 5) is 4.16. The Kier molecular flexibility index (Phi) is 5.34. The van der Waals surface area contributed by atoms with Crippen molar-refractivity contribution < 1.29 is 0 Å². The number of alkyl halides is 1. The van der Waals surface area contributed by atoms with E-state index in [1.165, 1.54) is 22.3 Å². The Bertz CT molecular complexity index is 540. The highest BCUT2D eigenvalue weighted by atomic mass is 127. The maximum absolute atomic E-state index is 5.99. The van der Waals surface area contributed by atoms with Gasteiger partial charge < -0.3 is 5.73 Å². The molecule has 0 aliphatic carbocycles. The minimum Gasteiger partial charge on any atom is -0.330 e. The number of benzene rings is 1. The molecule has 1 aromatic carbocycles. The molecule has 0 saturated heterocycles. The van der Waals surface area contributed by atoms with E-state index >= 15 is 0 Å². The number of aryl methyl sites for hydroxylation is 1. The molecule has 1 unspecified atom stereocenters. The molecule has 0 saturated carbocycles. The van der Waals surface area contributed by atoms with E-state index in [0.29, 0.717) is 12.5 Å². The first-order chi connectivity index (χ1) is 9.26. The highest BCUT2D eigenvalue weighted by molar-refractivity contribution is 14.1. The second-order valence-electron chi connectivity index (χ2n) is 4.77. The van der Waals surface area contributed by atoms with Gasteiger partial charge in [-0.25, -0.2) is 0 Å². The summed E-state index contributed by atoms with van der Waals surface area (Å²) in [5.74, 6) is 0.368. The van der Waals surface area contributed by atoms with E-state index in [1.54, 1.807) is 0 Å². The molecule has 0 aliphatic rings. The number of nitrogens with zero attached hydrogens (tertiary/aromatic N) is 1. The van der Waals surface area contributed by atoms with Crippen LogP contribution in [0.15, 0.2) is 42.7 Å². The molecule has 1 aromatic heterocycles. The third-order valence-corrected chi connectivity index (χ3v) is 4.34. The van der Waals surface area contributed by atoms with Gasteiger partial charge >= 0.3 is 0 Å². The van der Waals surface area contributed by atoms with Crippen molar-refractivity contribution in [1.82, 2.24) is 4.98 Å². The lowest BCUT2D eigenvalue weighted by molar-refractivity contribution is 0.686. The van der Waals surface area contributed by atoms with Crippen molar-refractivity contribution in [3.05, 3.63) is 65.0 Å². The summed E-state index contributed by atoms with van der Waals surface area (Å²) in [6.07, 6.45) is 4.78. The van der Waals surface area contributed by atoms with Gasteiger partial charge in [-0.1, -0.05) is 46.9 Å². The summed E-state index contributed by atoms with van der Waals surface area (Å²) in [5.41, 5.74) is 11.4. The smallest absolute Gasteiger partial charge is 0.0299 e. The van der Waals surface area contributed by atoms with Crippen molar-refractivity contribution in [2.24, 2.45) is 5.73 Å². The second kappa shape index (κ2) is 7.01. The van der Waals surface area contributed by atoms with Crippen LogP contribution < -0.4 is 5.73 Å². The van der Waals surface area contributed by atoms with Crippen LogP contribution in [-0.2, 0) is 10.8 Å². The van der Waals surface area contributed by atoms with Gasteiger partial charge in [0.15, 0.2) is 0 Å². The molecule has 2 N–H and O–H groups in total. The van der Waals surface area contributed by atoms with Crippen molar-refractivity contribution >= 4 is 22.6 Å². The Morgan fingerprint density at radius 3 is 2.58 bits per heavy atom. The predicted octanol–water partition coefficient (Wildman–Crippen LogP) is 3.61. The van der Waals surface area contributed by atoms with Crippen molar-refractivity contribution in [3.8, 4) is 0 Å². The van der Waals surface area contributed by atoms with E-state index in [2.05, 4.69) is 64.8 Å². The van der Waals surface area contributed by atoms with Crippen LogP contribution in [0.5, 0.6) is 0 Å². The Labute approximate surface area is 128 Å². The Morgan fingerprint density at radius 2 is 1.95 bits per heavy atom. The van der Waals surface area contributed by atoms with Gasteiger partial charge in [0.1, 0.15) is 0 Å². The first kappa shape index (κ1) is 14.5. The molecule has 0 bridgehead atoms. The average molecular weight is 366 g/mol. The third kappa shape index (κ3) is 3.54. The maximum Gasteiger partial charge on any atom is 0.0299 e. The van der Waals surface area contributed by atoms with Crippen LogP contribution in [0.2, 0.25) is 0 Å². The molecule has 100 valence electrons. The summed E-state index contributed by atoms with van der Waals surface area (Å²) < 4.78 is 1.04. The number of aromatic nitrogens is 1. The minimum atomic E-state index is 0.368. The molecular weight excluding hydrogens is 347 g/mol. The summed E-state index contributed by atoms with van der Waals surface area (Å²) >= 11 is 2.42. The highest BCUT2D eigenvalue weighted by Crippen LogP contribution is 2.25. The van der Waals surface area contributed by atoms with E-state index in [-0.39, 0.29) is 0 Å². The molecule has 0 aliphatic heterocycles. The topological polar surface area (TPSA) is 38.9 Å². The maximum atomic E-state index is 5.99. The first-order valence-electron chi connectivity index (χ1n) is 6.49. The van der Waals surface area contributed by atoms with Gasteiger partial charge in [0.05, 0.1) is 0 Å². The molecule has 0 spiro atoms. The lowest BCUT2D eigenvalue weighted by Gasteiger charge is -2.19. The van der Waals surface area contributed by atoms with E-state index in [1.807, 2.05) is 12.4 Å². The quantitative estimate of drug-likeness (QED) is 0.649. The lowest BCUT2D eigenvalue weighted by atomic mass is 9.89. The second-order valence-corrected chi connectivity index (χ2v) is 5.53. The molecule has 3 heteroatoms. The van der Waals surface area contributed by atoms with E-state index in [4.69, 9.17) is 5.73 Å². The van der Waals surface area contributed by atoms with Crippen LogP contribution in [0.25, 0.3) is 0 Å². The molecule has 2 rings (SSSR count). The molecule has 0 radical (unpaired) electrons. The fraction of sp³-hybridized carbons (Fsp3) is 0.312. The minimum absolute atomic E-state index is 0.368. The monoisotopic (exact) mass is 366 g/mol. The SMILES string of the molecule is Cc1cnccc1C(CN)Cc1ccccc1CI. The van der Waals surface area contributed by atoms with Crippen LogP contribution in [0.4, 0.5) is 0 Å². The van der Waals surface area contributed by atoms with Gasteiger partial charge in [0.25, 0.3) is 0 Å². The van der Waals surface area contributed by atoms with Gasteiger partial charge in [0.2, 0.25) is 0 Å². The van der Waals surface area contributed by atoms with Gasteiger partial charge in [-0.2, -0.15) is 0 Å². The fourth-order valence-electron chi connectivity index (χ4n) is 2.41. The number of rotatable bonds is 5. The van der Waals surface area contributed by atoms with Crippen LogP contribution >= 0.6 is 22.6 Å². The summed E-state index contributed by atoms with van der Waals surface area (Å²) in [5, 5.41) is 0. The number of halogens is 1. The number of hydrogen-bond donors (Lipinski definition) is 1. The molecule has 0 fully saturated rings. The molecule has 1 heterocycles. The Balaban J connectivity index is 2.27. The number of nitrogens with two attached hydrogens (primary N) is 1. The molecule has 19 heavy (non-hydrogen) atoms. The number of hydrogen-bond acceptors (Lipinski definition) is 2.